The van der Waals surface area contributed by atoms with Crippen LogP contribution in [-0.2, 0) is 19.1 Å². The molecule has 1 amide bonds. The van der Waals surface area contributed by atoms with Crippen LogP contribution in [0.15, 0.2) is 35.6 Å². The van der Waals surface area contributed by atoms with E-state index < -0.39 is 6.29 Å². The molecule has 1 fully saturated rings. The lowest BCUT2D eigenvalue weighted by molar-refractivity contribution is -0.152. The van der Waals surface area contributed by atoms with Crippen LogP contribution in [0.2, 0.25) is 0 Å². The number of cyclic esters (lactones) is 1. The zero-order valence-corrected chi connectivity index (χ0v) is 9.88. The number of carbonyl (C=O) groups is 2. The Balaban J connectivity index is 1.70. The molecule has 5 heteroatoms. The number of amides is 1. The average molecular weight is 247 g/mol. The smallest absolute Gasteiger partial charge is 0.336 e. The third kappa shape index (κ3) is 1.72. The van der Waals surface area contributed by atoms with Gasteiger partial charge in [0.1, 0.15) is 0 Å². The number of hydrogen-bond acceptors (Lipinski definition) is 4. The molecule has 1 N–H and O–H groups in total. The largest absolute Gasteiger partial charge is 0.458 e. The zero-order valence-electron chi connectivity index (χ0n) is 9.88. The number of ether oxygens (including phenoxy) is 2. The lowest BCUT2D eigenvalue weighted by Crippen LogP contribution is -2.24. The van der Waals surface area contributed by atoms with Crippen LogP contribution in [0.25, 0.3) is 0 Å². The van der Waals surface area contributed by atoms with Gasteiger partial charge in [0.05, 0.1) is 17.9 Å². The summed E-state index contributed by atoms with van der Waals surface area (Å²) in [5, 5.41) is 2.86. The van der Waals surface area contributed by atoms with E-state index in [2.05, 4.69) is 5.32 Å². The quantitative estimate of drug-likeness (QED) is 0.339. The van der Waals surface area contributed by atoms with Crippen molar-refractivity contribution >= 4 is 11.9 Å². The highest BCUT2D eigenvalue weighted by Crippen LogP contribution is 2.32. The molecule has 94 valence electrons. The standard InChI is InChI=1S/C13H13NO4/c1-7-5-11(18-13(7)16)17-6-9-8-3-2-4-10(8)14-12(9)15/h2,4-6,8,10-11H,3H2,1H3,(H,14,15)/b9-6+/t8-,10-,11?/m1/s1. The summed E-state index contributed by atoms with van der Waals surface area (Å²) < 4.78 is 10.3. The summed E-state index contributed by atoms with van der Waals surface area (Å²) in [5.41, 5.74) is 1.13. The van der Waals surface area contributed by atoms with Gasteiger partial charge in [0, 0.05) is 17.6 Å². The van der Waals surface area contributed by atoms with Crippen molar-refractivity contribution < 1.29 is 19.1 Å². The van der Waals surface area contributed by atoms with E-state index in [1.54, 1.807) is 13.0 Å². The summed E-state index contributed by atoms with van der Waals surface area (Å²) in [6.45, 7) is 1.66. The SMILES string of the molecule is CC1=CC(O/C=C2/C(=O)N[C@@H]3C=CC[C@H]23)OC1=O. The fourth-order valence-electron chi connectivity index (χ4n) is 2.38. The predicted octanol–water partition coefficient (Wildman–Crippen LogP) is 0.791. The molecule has 3 rings (SSSR count). The first kappa shape index (κ1) is 11.1. The lowest BCUT2D eigenvalue weighted by Gasteiger charge is -2.10. The van der Waals surface area contributed by atoms with Crippen molar-refractivity contribution in [3.63, 3.8) is 0 Å². The van der Waals surface area contributed by atoms with Gasteiger partial charge in [-0.1, -0.05) is 12.2 Å². The molecule has 0 aromatic carbocycles. The van der Waals surface area contributed by atoms with Crippen LogP contribution in [-0.4, -0.2) is 24.2 Å². The Morgan fingerprint density at radius 1 is 1.50 bits per heavy atom. The van der Waals surface area contributed by atoms with E-state index in [4.69, 9.17) is 9.47 Å². The van der Waals surface area contributed by atoms with Gasteiger partial charge in [-0.25, -0.2) is 4.79 Å². The molecule has 2 heterocycles. The van der Waals surface area contributed by atoms with E-state index >= 15 is 0 Å². The molecule has 1 aliphatic carbocycles. The van der Waals surface area contributed by atoms with Crippen molar-refractivity contribution in [2.75, 3.05) is 0 Å². The zero-order chi connectivity index (χ0) is 12.7. The van der Waals surface area contributed by atoms with E-state index in [1.807, 2.05) is 12.2 Å². The van der Waals surface area contributed by atoms with Gasteiger partial charge >= 0.3 is 5.97 Å². The number of carbonyl (C=O) groups excluding carboxylic acids is 2. The van der Waals surface area contributed by atoms with E-state index in [0.717, 1.165) is 6.42 Å². The molecule has 1 saturated heterocycles. The van der Waals surface area contributed by atoms with E-state index in [-0.39, 0.29) is 23.8 Å². The van der Waals surface area contributed by atoms with Gasteiger partial charge in [0.2, 0.25) is 0 Å². The first-order chi connectivity index (χ1) is 8.65. The number of fused-ring (bicyclic) bond motifs is 1. The van der Waals surface area contributed by atoms with Crippen molar-refractivity contribution in [1.82, 2.24) is 5.32 Å². The Morgan fingerprint density at radius 3 is 3.06 bits per heavy atom. The number of allylic oxidation sites excluding steroid dienone is 1. The Labute approximate surface area is 104 Å². The van der Waals surface area contributed by atoms with Gasteiger partial charge in [-0.05, 0) is 13.3 Å². The Morgan fingerprint density at radius 2 is 2.33 bits per heavy atom. The molecule has 0 aromatic rings. The molecule has 0 bridgehead atoms. The van der Waals surface area contributed by atoms with Gasteiger partial charge in [0.15, 0.2) is 0 Å². The van der Waals surface area contributed by atoms with E-state index in [0.29, 0.717) is 11.1 Å². The molecule has 2 aliphatic heterocycles. The molecule has 18 heavy (non-hydrogen) atoms. The van der Waals surface area contributed by atoms with Crippen molar-refractivity contribution in [2.45, 2.75) is 25.7 Å². The average Bonchev–Trinajstić information content (AvgIpc) is 2.94. The minimum absolute atomic E-state index is 0.0794. The fraction of sp³-hybridized carbons (Fsp3) is 0.385. The van der Waals surface area contributed by atoms with Crippen LogP contribution in [0.1, 0.15) is 13.3 Å². The van der Waals surface area contributed by atoms with Crippen LogP contribution in [0.4, 0.5) is 0 Å². The highest BCUT2D eigenvalue weighted by molar-refractivity contribution is 5.97. The first-order valence-electron chi connectivity index (χ1n) is 5.87. The van der Waals surface area contributed by atoms with E-state index in [9.17, 15) is 9.59 Å². The second-order valence-corrected chi connectivity index (χ2v) is 4.60. The Hall–Kier alpha value is -2.04. The molecule has 0 saturated carbocycles. The van der Waals surface area contributed by atoms with Gasteiger partial charge in [-0.15, -0.1) is 0 Å². The minimum Gasteiger partial charge on any atom is -0.458 e. The summed E-state index contributed by atoms with van der Waals surface area (Å²) in [7, 11) is 0. The molecule has 5 nitrogen and oxygen atoms in total. The minimum atomic E-state index is -0.716. The summed E-state index contributed by atoms with van der Waals surface area (Å²) in [6.07, 6.45) is 7.16. The molecular formula is C13H13NO4. The third-order valence-electron chi connectivity index (χ3n) is 3.39. The molecule has 0 spiro atoms. The second-order valence-electron chi connectivity index (χ2n) is 4.60. The highest BCUT2D eigenvalue weighted by atomic mass is 16.7. The number of hydrogen-bond donors (Lipinski definition) is 1. The van der Waals surface area contributed by atoms with Crippen molar-refractivity contribution in [1.29, 1.82) is 0 Å². The first-order valence-corrected chi connectivity index (χ1v) is 5.87. The maximum atomic E-state index is 11.7. The summed E-state index contributed by atoms with van der Waals surface area (Å²) in [4.78, 5) is 22.9. The predicted molar refractivity (Wildman–Crippen MR) is 62.0 cm³/mol. The Bertz CT molecular complexity index is 503. The molecule has 0 aromatic heterocycles. The number of esters is 1. The van der Waals surface area contributed by atoms with Crippen LogP contribution in [0, 0.1) is 5.92 Å². The molecular weight excluding hydrogens is 234 g/mol. The molecule has 3 atom stereocenters. The monoisotopic (exact) mass is 247 g/mol. The van der Waals surface area contributed by atoms with Gasteiger partial charge in [0.25, 0.3) is 12.2 Å². The number of rotatable bonds is 2. The van der Waals surface area contributed by atoms with Crippen molar-refractivity contribution in [3.05, 3.63) is 35.6 Å². The second kappa shape index (κ2) is 4.01. The van der Waals surface area contributed by atoms with Crippen LogP contribution < -0.4 is 5.32 Å². The maximum absolute atomic E-state index is 11.7. The fourth-order valence-corrected chi connectivity index (χ4v) is 2.38. The van der Waals surface area contributed by atoms with Crippen LogP contribution >= 0.6 is 0 Å². The maximum Gasteiger partial charge on any atom is 0.336 e. The van der Waals surface area contributed by atoms with E-state index in [1.165, 1.54) is 6.26 Å². The molecule has 3 aliphatic rings. The normalized spacial score (nSPS) is 35.5. The molecule has 0 radical (unpaired) electrons. The molecule has 1 unspecified atom stereocenters. The van der Waals surface area contributed by atoms with Gasteiger partial charge < -0.3 is 14.8 Å². The Kier molecular flexibility index (Phi) is 2.47. The van der Waals surface area contributed by atoms with Gasteiger partial charge in [-0.2, -0.15) is 0 Å². The highest BCUT2D eigenvalue weighted by Gasteiger charge is 2.38. The summed E-state index contributed by atoms with van der Waals surface area (Å²) in [6, 6.07) is 0.0794. The summed E-state index contributed by atoms with van der Waals surface area (Å²) in [5.74, 6) is -0.353. The topological polar surface area (TPSA) is 64.6 Å². The van der Waals surface area contributed by atoms with Crippen molar-refractivity contribution in [2.24, 2.45) is 5.92 Å². The van der Waals surface area contributed by atoms with Gasteiger partial charge in [-0.3, -0.25) is 4.79 Å². The number of nitrogens with one attached hydrogen (secondary N) is 1. The third-order valence-corrected chi connectivity index (χ3v) is 3.39. The summed E-state index contributed by atoms with van der Waals surface area (Å²) >= 11 is 0. The van der Waals surface area contributed by atoms with Crippen LogP contribution in [0.5, 0.6) is 0 Å². The van der Waals surface area contributed by atoms with Crippen molar-refractivity contribution in [3.8, 4) is 0 Å². The lowest BCUT2D eigenvalue weighted by atomic mass is 9.99. The van der Waals surface area contributed by atoms with Crippen LogP contribution in [0.3, 0.4) is 0 Å².